The van der Waals surface area contributed by atoms with Gasteiger partial charge in [-0.15, -0.1) is 0 Å². The van der Waals surface area contributed by atoms with Gasteiger partial charge in [0.2, 0.25) is 0 Å². The van der Waals surface area contributed by atoms with E-state index in [0.29, 0.717) is 12.1 Å². The Hall–Kier alpha value is -0.580. The minimum Gasteiger partial charge on any atom is -0.496 e. The second-order valence-electron chi connectivity index (χ2n) is 4.95. The van der Waals surface area contributed by atoms with Crippen molar-refractivity contribution in [2.24, 2.45) is 5.73 Å². The van der Waals surface area contributed by atoms with Crippen LogP contribution in [0.4, 0.5) is 0 Å². The van der Waals surface area contributed by atoms with E-state index in [9.17, 15) is 0 Å². The first-order valence-corrected chi connectivity index (χ1v) is 7.29. The highest BCUT2D eigenvalue weighted by Crippen LogP contribution is 2.24. The van der Waals surface area contributed by atoms with Crippen molar-refractivity contribution < 1.29 is 4.74 Å². The maximum Gasteiger partial charge on any atom is 0.123 e. The van der Waals surface area contributed by atoms with E-state index in [1.807, 2.05) is 12.1 Å². The maximum absolute atomic E-state index is 5.92. The summed E-state index contributed by atoms with van der Waals surface area (Å²) >= 11 is 3.50. The van der Waals surface area contributed by atoms with Crippen molar-refractivity contribution in [2.45, 2.75) is 44.3 Å². The van der Waals surface area contributed by atoms with Gasteiger partial charge in [-0.2, -0.15) is 0 Å². The minimum absolute atomic E-state index is 0.406. The number of nitrogens with one attached hydrogen (secondary N) is 1. The molecule has 100 valence electrons. The number of hydrogen-bond donors (Lipinski definition) is 2. The molecule has 0 aliphatic heterocycles. The summed E-state index contributed by atoms with van der Waals surface area (Å²) in [5.74, 6) is 0.943. The van der Waals surface area contributed by atoms with Gasteiger partial charge in [0, 0.05) is 28.7 Å². The fourth-order valence-electron chi connectivity index (χ4n) is 2.46. The van der Waals surface area contributed by atoms with Crippen LogP contribution in [0.2, 0.25) is 0 Å². The normalized spacial score (nSPS) is 23.9. The van der Waals surface area contributed by atoms with Gasteiger partial charge < -0.3 is 15.8 Å². The molecule has 0 unspecified atom stereocenters. The van der Waals surface area contributed by atoms with Crippen LogP contribution in [0.5, 0.6) is 5.75 Å². The molecule has 0 heterocycles. The van der Waals surface area contributed by atoms with Gasteiger partial charge in [0.15, 0.2) is 0 Å². The summed E-state index contributed by atoms with van der Waals surface area (Å²) in [6.07, 6.45) is 4.62. The quantitative estimate of drug-likeness (QED) is 0.898. The lowest BCUT2D eigenvalue weighted by Crippen LogP contribution is -2.37. The molecule has 0 aromatic heterocycles. The van der Waals surface area contributed by atoms with E-state index in [-0.39, 0.29) is 0 Å². The Morgan fingerprint density at radius 2 is 2.06 bits per heavy atom. The van der Waals surface area contributed by atoms with Crippen LogP contribution < -0.4 is 15.8 Å². The van der Waals surface area contributed by atoms with Crippen LogP contribution in [0, 0.1) is 0 Å². The molecule has 3 N–H and O–H groups in total. The van der Waals surface area contributed by atoms with Gasteiger partial charge in [-0.3, -0.25) is 0 Å². The predicted octanol–water partition coefficient (Wildman–Crippen LogP) is 2.82. The summed E-state index contributed by atoms with van der Waals surface area (Å²) < 4.78 is 6.47. The number of benzene rings is 1. The van der Waals surface area contributed by atoms with E-state index in [0.717, 1.165) is 29.6 Å². The molecule has 2 rings (SSSR count). The van der Waals surface area contributed by atoms with Crippen molar-refractivity contribution in [1.82, 2.24) is 5.32 Å². The average molecular weight is 313 g/mol. The van der Waals surface area contributed by atoms with Crippen LogP contribution in [-0.2, 0) is 6.54 Å². The molecule has 1 saturated carbocycles. The van der Waals surface area contributed by atoms with E-state index in [1.165, 1.54) is 18.4 Å². The standard InChI is InChI=1S/C14H21BrN2O/c1-18-14-7-2-11(15)8-10(14)9-17-13-5-3-12(16)4-6-13/h2,7-8,12-13,17H,3-6,9,16H2,1H3. The highest BCUT2D eigenvalue weighted by molar-refractivity contribution is 9.10. The van der Waals surface area contributed by atoms with Gasteiger partial charge in [0.05, 0.1) is 7.11 Å². The Kier molecular flexibility index (Phi) is 5.03. The highest BCUT2D eigenvalue weighted by atomic mass is 79.9. The van der Waals surface area contributed by atoms with E-state index in [4.69, 9.17) is 10.5 Å². The third-order valence-corrected chi connectivity index (χ3v) is 4.09. The molecule has 4 heteroatoms. The van der Waals surface area contributed by atoms with Crippen LogP contribution >= 0.6 is 15.9 Å². The summed E-state index contributed by atoms with van der Waals surface area (Å²) in [5, 5.41) is 3.60. The molecular formula is C14H21BrN2O. The predicted molar refractivity (Wildman–Crippen MR) is 77.8 cm³/mol. The number of rotatable bonds is 4. The first-order valence-electron chi connectivity index (χ1n) is 6.50. The molecule has 18 heavy (non-hydrogen) atoms. The maximum atomic E-state index is 5.92. The summed E-state index contributed by atoms with van der Waals surface area (Å²) in [6.45, 7) is 0.850. The zero-order valence-electron chi connectivity index (χ0n) is 10.8. The van der Waals surface area contributed by atoms with Crippen molar-refractivity contribution >= 4 is 15.9 Å². The van der Waals surface area contributed by atoms with E-state index in [2.05, 4.69) is 27.3 Å². The smallest absolute Gasteiger partial charge is 0.123 e. The number of halogens is 1. The number of ether oxygens (including phenoxy) is 1. The van der Waals surface area contributed by atoms with Crippen molar-refractivity contribution in [3.63, 3.8) is 0 Å². The van der Waals surface area contributed by atoms with Gasteiger partial charge in [0.1, 0.15) is 5.75 Å². The van der Waals surface area contributed by atoms with Gasteiger partial charge in [-0.25, -0.2) is 0 Å². The summed E-state index contributed by atoms with van der Waals surface area (Å²) in [7, 11) is 1.71. The fourth-order valence-corrected chi connectivity index (χ4v) is 2.87. The fraction of sp³-hybridized carbons (Fsp3) is 0.571. The van der Waals surface area contributed by atoms with Crippen molar-refractivity contribution in [1.29, 1.82) is 0 Å². The molecule has 0 spiro atoms. The van der Waals surface area contributed by atoms with Crippen molar-refractivity contribution in [2.75, 3.05) is 7.11 Å². The van der Waals surface area contributed by atoms with Crippen LogP contribution in [0.3, 0.4) is 0 Å². The number of hydrogen-bond acceptors (Lipinski definition) is 3. The average Bonchev–Trinajstić information content (AvgIpc) is 2.38. The molecule has 0 radical (unpaired) electrons. The van der Waals surface area contributed by atoms with Crippen molar-refractivity contribution in [3.05, 3.63) is 28.2 Å². The summed E-state index contributed by atoms with van der Waals surface area (Å²) in [6, 6.07) is 7.11. The third kappa shape index (κ3) is 3.70. The molecule has 0 atom stereocenters. The van der Waals surface area contributed by atoms with Crippen LogP contribution in [0.25, 0.3) is 0 Å². The molecule has 1 aliphatic carbocycles. The Bertz CT molecular complexity index is 389. The number of nitrogens with two attached hydrogens (primary N) is 1. The van der Waals surface area contributed by atoms with E-state index in [1.54, 1.807) is 7.11 Å². The Labute approximate surface area is 117 Å². The third-order valence-electron chi connectivity index (χ3n) is 3.60. The second kappa shape index (κ2) is 6.55. The van der Waals surface area contributed by atoms with Gasteiger partial charge in [-0.05, 0) is 43.9 Å². The van der Waals surface area contributed by atoms with E-state index >= 15 is 0 Å². The lowest BCUT2D eigenvalue weighted by molar-refractivity contribution is 0.338. The Morgan fingerprint density at radius 3 is 2.72 bits per heavy atom. The lowest BCUT2D eigenvalue weighted by Gasteiger charge is -2.27. The largest absolute Gasteiger partial charge is 0.496 e. The van der Waals surface area contributed by atoms with Crippen LogP contribution in [0.1, 0.15) is 31.2 Å². The topological polar surface area (TPSA) is 47.3 Å². The SMILES string of the molecule is COc1ccc(Br)cc1CNC1CCC(N)CC1. The Balaban J connectivity index is 1.91. The molecule has 1 aromatic carbocycles. The monoisotopic (exact) mass is 312 g/mol. The first kappa shape index (κ1) is 13.8. The van der Waals surface area contributed by atoms with Crippen molar-refractivity contribution in [3.8, 4) is 5.75 Å². The minimum atomic E-state index is 0.406. The molecule has 1 aromatic rings. The van der Waals surface area contributed by atoms with E-state index < -0.39 is 0 Å². The van der Waals surface area contributed by atoms with Crippen LogP contribution in [-0.4, -0.2) is 19.2 Å². The molecular weight excluding hydrogens is 292 g/mol. The first-order chi connectivity index (χ1) is 8.69. The molecule has 0 bridgehead atoms. The van der Waals surface area contributed by atoms with Gasteiger partial charge in [-0.1, -0.05) is 15.9 Å². The van der Waals surface area contributed by atoms with Crippen LogP contribution in [0.15, 0.2) is 22.7 Å². The lowest BCUT2D eigenvalue weighted by atomic mass is 9.92. The zero-order chi connectivity index (χ0) is 13.0. The summed E-state index contributed by atoms with van der Waals surface area (Å²) in [5.41, 5.74) is 7.11. The molecule has 1 aliphatic rings. The molecule has 0 saturated heterocycles. The van der Waals surface area contributed by atoms with Gasteiger partial charge in [0.25, 0.3) is 0 Å². The molecule has 1 fully saturated rings. The van der Waals surface area contributed by atoms with Gasteiger partial charge >= 0.3 is 0 Å². The zero-order valence-corrected chi connectivity index (χ0v) is 12.4. The summed E-state index contributed by atoms with van der Waals surface area (Å²) in [4.78, 5) is 0. The number of methoxy groups -OCH3 is 1. The second-order valence-corrected chi connectivity index (χ2v) is 5.86. The highest BCUT2D eigenvalue weighted by Gasteiger charge is 2.18. The Morgan fingerprint density at radius 1 is 1.33 bits per heavy atom. The molecule has 0 amide bonds. The molecule has 3 nitrogen and oxygen atoms in total.